The number of carbonyl (C=O) groups is 2. The summed E-state index contributed by atoms with van der Waals surface area (Å²) in [6.07, 6.45) is 0. The molecule has 1 aliphatic rings. The molecule has 0 aliphatic carbocycles. The van der Waals surface area contributed by atoms with Crippen molar-refractivity contribution in [3.05, 3.63) is 64.4 Å². The van der Waals surface area contributed by atoms with Gasteiger partial charge < -0.3 is 10.1 Å². The first kappa shape index (κ1) is 18.9. The topological polar surface area (TPSA) is 114 Å². The number of aromatic nitrogens is 3. The second-order valence-electron chi connectivity index (χ2n) is 6.35. The summed E-state index contributed by atoms with van der Waals surface area (Å²) >= 11 is 1.11. The highest BCUT2D eigenvalue weighted by atomic mass is 32.2. The van der Waals surface area contributed by atoms with Crippen molar-refractivity contribution in [2.45, 2.75) is 17.3 Å². The number of Topliss-reactive ketones (excluding diaryl/α,β-unsaturated/α-hetero) is 1. The van der Waals surface area contributed by atoms with Gasteiger partial charge in [0.2, 0.25) is 0 Å². The predicted molar refractivity (Wildman–Crippen MR) is 108 cm³/mol. The van der Waals surface area contributed by atoms with E-state index < -0.39 is 5.25 Å². The molecule has 2 aromatic carbocycles. The molecular formula is C20H16N4O4S. The van der Waals surface area contributed by atoms with Crippen LogP contribution in [0.1, 0.15) is 17.3 Å². The summed E-state index contributed by atoms with van der Waals surface area (Å²) in [6.45, 7) is 1.67. The summed E-state index contributed by atoms with van der Waals surface area (Å²) in [7, 11) is 0. The van der Waals surface area contributed by atoms with Crippen LogP contribution >= 0.6 is 11.8 Å². The first-order valence-corrected chi connectivity index (χ1v) is 9.69. The van der Waals surface area contributed by atoms with Gasteiger partial charge in [-0.2, -0.15) is 0 Å². The van der Waals surface area contributed by atoms with Gasteiger partial charge in [0, 0.05) is 11.1 Å². The lowest BCUT2D eigenvalue weighted by Gasteiger charge is -2.18. The molecule has 1 unspecified atom stereocenters. The van der Waals surface area contributed by atoms with Gasteiger partial charge in [0.05, 0.1) is 10.9 Å². The van der Waals surface area contributed by atoms with Crippen LogP contribution in [0.4, 0.5) is 5.69 Å². The van der Waals surface area contributed by atoms with Crippen molar-refractivity contribution < 1.29 is 14.3 Å². The molecule has 9 heteroatoms. The fraction of sp³-hybridized carbons (Fsp3) is 0.150. The average molecular weight is 408 g/mol. The third-order valence-corrected chi connectivity index (χ3v) is 5.25. The molecule has 2 heterocycles. The minimum absolute atomic E-state index is 0.0441. The van der Waals surface area contributed by atoms with E-state index in [0.717, 1.165) is 11.8 Å². The molecule has 0 saturated heterocycles. The number of aromatic amines is 1. The van der Waals surface area contributed by atoms with Crippen molar-refractivity contribution >= 4 is 29.1 Å². The number of ether oxygens (including phenoxy) is 1. The van der Waals surface area contributed by atoms with Crippen LogP contribution in [-0.4, -0.2) is 38.7 Å². The number of thioether (sulfide) groups is 1. The molecule has 29 heavy (non-hydrogen) atoms. The quantitative estimate of drug-likeness (QED) is 0.492. The minimum atomic E-state index is -0.527. The zero-order valence-corrected chi connectivity index (χ0v) is 16.2. The number of nitrogens with zero attached hydrogens (tertiary/aromatic N) is 2. The fourth-order valence-corrected chi connectivity index (χ4v) is 3.67. The lowest BCUT2D eigenvalue weighted by Crippen LogP contribution is -2.26. The van der Waals surface area contributed by atoms with Gasteiger partial charge in [-0.3, -0.25) is 19.4 Å². The number of rotatable bonds is 5. The zero-order valence-electron chi connectivity index (χ0n) is 15.3. The number of carbonyl (C=O) groups excluding carboxylic acids is 2. The molecule has 1 aromatic heterocycles. The van der Waals surface area contributed by atoms with Gasteiger partial charge in [-0.1, -0.05) is 42.1 Å². The van der Waals surface area contributed by atoms with Crippen LogP contribution in [0.3, 0.4) is 0 Å². The molecule has 1 amide bonds. The second kappa shape index (κ2) is 7.88. The number of fused-ring (bicyclic) bond motifs is 1. The van der Waals surface area contributed by atoms with Crippen LogP contribution in [-0.2, 0) is 4.79 Å². The van der Waals surface area contributed by atoms with E-state index in [4.69, 9.17) is 4.74 Å². The predicted octanol–water partition coefficient (Wildman–Crippen LogP) is 2.53. The molecule has 0 bridgehead atoms. The van der Waals surface area contributed by atoms with Crippen LogP contribution in [0.25, 0.3) is 11.3 Å². The molecule has 146 valence electrons. The van der Waals surface area contributed by atoms with Crippen LogP contribution in [0.2, 0.25) is 0 Å². The van der Waals surface area contributed by atoms with Gasteiger partial charge in [-0.25, -0.2) is 0 Å². The summed E-state index contributed by atoms with van der Waals surface area (Å²) in [4.78, 5) is 39.3. The summed E-state index contributed by atoms with van der Waals surface area (Å²) in [6, 6.07) is 13.9. The van der Waals surface area contributed by atoms with E-state index in [0.29, 0.717) is 22.6 Å². The maximum atomic E-state index is 12.8. The van der Waals surface area contributed by atoms with E-state index in [1.807, 2.05) is 18.2 Å². The number of ketones is 1. The van der Waals surface area contributed by atoms with Crippen LogP contribution < -0.4 is 15.6 Å². The van der Waals surface area contributed by atoms with Crippen molar-refractivity contribution in [2.75, 3.05) is 11.9 Å². The van der Waals surface area contributed by atoms with E-state index in [2.05, 4.69) is 20.5 Å². The number of benzene rings is 2. The Bertz CT molecular complexity index is 1150. The maximum absolute atomic E-state index is 12.8. The molecular weight excluding hydrogens is 392 g/mol. The van der Waals surface area contributed by atoms with Crippen molar-refractivity contribution in [2.24, 2.45) is 0 Å². The third kappa shape index (κ3) is 4.04. The molecule has 0 fully saturated rings. The Morgan fingerprint density at radius 2 is 1.93 bits per heavy atom. The molecule has 0 spiro atoms. The standard InChI is InChI=1S/C20H16N4O4S/c1-11(18(26)13-7-8-15-14(9-13)21-16(25)10-28-15)29-20-22-19(27)17(23-24-20)12-5-3-2-4-6-12/h2-9,11H,10H2,1H3,(H,21,25)(H,22,24,27). The molecule has 8 nitrogen and oxygen atoms in total. The Balaban J connectivity index is 1.51. The third-order valence-electron chi connectivity index (χ3n) is 4.28. The molecule has 1 atom stereocenters. The van der Waals surface area contributed by atoms with E-state index >= 15 is 0 Å². The van der Waals surface area contributed by atoms with Crippen molar-refractivity contribution in [3.63, 3.8) is 0 Å². The average Bonchev–Trinajstić information content (AvgIpc) is 2.73. The number of anilines is 1. The van der Waals surface area contributed by atoms with E-state index in [9.17, 15) is 14.4 Å². The molecule has 4 rings (SSSR count). The Morgan fingerprint density at radius 3 is 2.69 bits per heavy atom. The smallest absolute Gasteiger partial charge is 0.278 e. The number of nitrogens with one attached hydrogen (secondary N) is 2. The second-order valence-corrected chi connectivity index (χ2v) is 7.68. The SMILES string of the molecule is CC(Sc1nnc(-c2ccccc2)c(=O)[nH]1)C(=O)c1ccc2c(c1)NC(=O)CO2. The summed E-state index contributed by atoms with van der Waals surface area (Å²) in [5.74, 6) is 0.0800. The van der Waals surface area contributed by atoms with Gasteiger partial charge >= 0.3 is 0 Å². The van der Waals surface area contributed by atoms with Gasteiger partial charge in [0.1, 0.15) is 5.75 Å². The maximum Gasteiger partial charge on any atom is 0.278 e. The van der Waals surface area contributed by atoms with Crippen molar-refractivity contribution in [1.82, 2.24) is 15.2 Å². The van der Waals surface area contributed by atoms with E-state index in [-0.39, 0.29) is 34.7 Å². The normalized spacial score (nSPS) is 13.8. The van der Waals surface area contributed by atoms with Crippen LogP contribution in [0.5, 0.6) is 5.75 Å². The summed E-state index contributed by atoms with van der Waals surface area (Å²) in [5.41, 5.74) is 1.40. The Labute approximate surface area is 169 Å². The number of hydrogen-bond donors (Lipinski definition) is 2. The van der Waals surface area contributed by atoms with Gasteiger partial charge in [0.15, 0.2) is 23.2 Å². The fourth-order valence-electron chi connectivity index (χ4n) is 2.85. The first-order valence-electron chi connectivity index (χ1n) is 8.81. The Kier molecular flexibility index (Phi) is 5.13. The summed E-state index contributed by atoms with van der Waals surface area (Å²) < 4.78 is 5.30. The molecule has 0 saturated carbocycles. The molecule has 1 aliphatic heterocycles. The van der Waals surface area contributed by atoms with Gasteiger partial charge in [-0.05, 0) is 25.1 Å². The van der Waals surface area contributed by atoms with E-state index in [1.54, 1.807) is 37.3 Å². The lowest BCUT2D eigenvalue weighted by molar-refractivity contribution is -0.118. The highest BCUT2D eigenvalue weighted by Crippen LogP contribution is 2.30. The lowest BCUT2D eigenvalue weighted by atomic mass is 10.1. The highest BCUT2D eigenvalue weighted by Gasteiger charge is 2.22. The largest absolute Gasteiger partial charge is 0.482 e. The summed E-state index contributed by atoms with van der Waals surface area (Å²) in [5, 5.41) is 10.5. The highest BCUT2D eigenvalue weighted by molar-refractivity contribution is 8.00. The molecule has 0 radical (unpaired) electrons. The van der Waals surface area contributed by atoms with Gasteiger partial charge in [-0.15, -0.1) is 10.2 Å². The number of hydrogen-bond acceptors (Lipinski definition) is 7. The first-order chi connectivity index (χ1) is 14.0. The Hall–Kier alpha value is -3.46. The number of amides is 1. The Morgan fingerprint density at radius 1 is 1.14 bits per heavy atom. The van der Waals surface area contributed by atoms with Crippen LogP contribution in [0.15, 0.2) is 58.5 Å². The number of H-pyrrole nitrogens is 1. The van der Waals surface area contributed by atoms with Crippen molar-refractivity contribution in [3.8, 4) is 17.0 Å². The molecule has 2 N–H and O–H groups in total. The molecule has 3 aromatic rings. The monoisotopic (exact) mass is 408 g/mol. The zero-order chi connectivity index (χ0) is 20.4. The minimum Gasteiger partial charge on any atom is -0.482 e. The van der Waals surface area contributed by atoms with Crippen LogP contribution in [0, 0.1) is 0 Å². The van der Waals surface area contributed by atoms with Crippen molar-refractivity contribution in [1.29, 1.82) is 0 Å². The van der Waals surface area contributed by atoms with Gasteiger partial charge in [0.25, 0.3) is 11.5 Å². The van der Waals surface area contributed by atoms with E-state index in [1.165, 1.54) is 0 Å².